The highest BCUT2D eigenvalue weighted by Gasteiger charge is 2.09. The fourth-order valence-corrected chi connectivity index (χ4v) is 2.25. The number of benzene rings is 2. The predicted octanol–water partition coefficient (Wildman–Crippen LogP) is 4.25. The van der Waals surface area contributed by atoms with Crippen molar-refractivity contribution in [2.24, 2.45) is 0 Å². The van der Waals surface area contributed by atoms with Crippen LogP contribution in [0.25, 0.3) is 5.69 Å². The Labute approximate surface area is 113 Å². The van der Waals surface area contributed by atoms with E-state index in [0.29, 0.717) is 0 Å². The van der Waals surface area contributed by atoms with Crippen LogP contribution >= 0.6 is 0 Å². The van der Waals surface area contributed by atoms with Crippen LogP contribution in [0.5, 0.6) is 0 Å². The van der Waals surface area contributed by atoms with Crippen molar-refractivity contribution < 1.29 is 0 Å². The first kappa shape index (κ1) is 11.6. The van der Waals surface area contributed by atoms with Crippen molar-refractivity contribution in [2.45, 2.75) is 0 Å². The molecule has 0 aliphatic carbocycles. The lowest BCUT2D eigenvalue weighted by Crippen LogP contribution is -2.12. The Hall–Kier alpha value is -2.48. The molecule has 1 heterocycles. The number of anilines is 2. The fourth-order valence-electron chi connectivity index (χ4n) is 2.25. The molecule has 19 heavy (non-hydrogen) atoms. The van der Waals surface area contributed by atoms with E-state index in [1.54, 1.807) is 0 Å². The first-order valence-electron chi connectivity index (χ1n) is 6.37. The van der Waals surface area contributed by atoms with Gasteiger partial charge in [-0.25, -0.2) is 0 Å². The number of nitrogens with zero attached hydrogens (tertiary/aromatic N) is 2. The lowest BCUT2D eigenvalue weighted by Gasteiger charge is -2.22. The summed E-state index contributed by atoms with van der Waals surface area (Å²) in [6.07, 6.45) is 4.13. The summed E-state index contributed by atoms with van der Waals surface area (Å²) < 4.78 is 2.13. The van der Waals surface area contributed by atoms with Crippen LogP contribution < -0.4 is 4.90 Å². The van der Waals surface area contributed by atoms with Crippen molar-refractivity contribution >= 4 is 11.4 Å². The highest BCUT2D eigenvalue weighted by atomic mass is 15.1. The molecule has 0 radical (unpaired) electrons. The van der Waals surface area contributed by atoms with Gasteiger partial charge in [-0.2, -0.15) is 0 Å². The largest absolute Gasteiger partial charge is 0.343 e. The molecule has 0 amide bonds. The average molecular weight is 248 g/mol. The Kier molecular flexibility index (Phi) is 3.07. The van der Waals surface area contributed by atoms with E-state index in [1.165, 1.54) is 17.1 Å². The molecule has 2 nitrogen and oxygen atoms in total. The van der Waals surface area contributed by atoms with Crippen molar-refractivity contribution in [1.29, 1.82) is 0 Å². The third kappa shape index (κ3) is 2.25. The first-order chi connectivity index (χ1) is 9.36. The van der Waals surface area contributed by atoms with E-state index in [4.69, 9.17) is 0 Å². The molecule has 3 rings (SSSR count). The summed E-state index contributed by atoms with van der Waals surface area (Å²) >= 11 is 0. The second-order valence-corrected chi connectivity index (χ2v) is 4.47. The molecule has 0 aliphatic rings. The highest BCUT2D eigenvalue weighted by Crippen LogP contribution is 2.29. The summed E-state index contributed by atoms with van der Waals surface area (Å²) in [5.74, 6) is 0. The minimum atomic E-state index is 1.18. The lowest BCUT2D eigenvalue weighted by molar-refractivity contribution is 1.06. The van der Waals surface area contributed by atoms with Crippen molar-refractivity contribution in [3.63, 3.8) is 0 Å². The molecule has 0 unspecified atom stereocenters. The molecule has 94 valence electrons. The SMILES string of the molecule is CN(c1ccccc1)c1ccccc1-n1cccc1. The van der Waals surface area contributed by atoms with Gasteiger partial charge >= 0.3 is 0 Å². The molecule has 3 aromatic rings. The molecule has 0 atom stereocenters. The predicted molar refractivity (Wildman–Crippen MR) is 80.3 cm³/mol. The van der Waals surface area contributed by atoms with Crippen LogP contribution in [-0.2, 0) is 0 Å². The molecule has 0 fully saturated rings. The Morgan fingerprint density at radius 1 is 0.737 bits per heavy atom. The molecule has 0 saturated carbocycles. The van der Waals surface area contributed by atoms with E-state index in [-0.39, 0.29) is 0 Å². The van der Waals surface area contributed by atoms with Crippen LogP contribution in [-0.4, -0.2) is 11.6 Å². The first-order valence-corrected chi connectivity index (χ1v) is 6.37. The normalized spacial score (nSPS) is 10.4. The quantitative estimate of drug-likeness (QED) is 0.673. The molecule has 0 bridgehead atoms. The van der Waals surface area contributed by atoms with Gasteiger partial charge in [0, 0.05) is 25.1 Å². The van der Waals surface area contributed by atoms with E-state index < -0.39 is 0 Å². The van der Waals surface area contributed by atoms with Gasteiger partial charge in [0.05, 0.1) is 11.4 Å². The molecular weight excluding hydrogens is 232 g/mol. The Balaban J connectivity index is 2.06. The maximum atomic E-state index is 2.20. The van der Waals surface area contributed by atoms with Crippen molar-refractivity contribution in [3.8, 4) is 5.69 Å². The number of hydrogen-bond acceptors (Lipinski definition) is 1. The summed E-state index contributed by atoms with van der Waals surface area (Å²) in [6.45, 7) is 0. The lowest BCUT2D eigenvalue weighted by atomic mass is 10.2. The second-order valence-electron chi connectivity index (χ2n) is 4.47. The van der Waals surface area contributed by atoms with E-state index >= 15 is 0 Å². The summed E-state index contributed by atoms with van der Waals surface area (Å²) in [7, 11) is 2.09. The van der Waals surface area contributed by atoms with Crippen LogP contribution in [0.1, 0.15) is 0 Å². The topological polar surface area (TPSA) is 8.17 Å². The molecular formula is C17H16N2. The van der Waals surface area contributed by atoms with Gasteiger partial charge in [-0.05, 0) is 36.4 Å². The standard InChI is InChI=1S/C17H16N2/c1-18(15-9-3-2-4-10-15)16-11-5-6-12-17(16)19-13-7-8-14-19/h2-14H,1H3. The summed E-state index contributed by atoms with van der Waals surface area (Å²) in [5, 5.41) is 0. The van der Waals surface area contributed by atoms with Gasteiger partial charge in [0.15, 0.2) is 0 Å². The smallest absolute Gasteiger partial charge is 0.0688 e. The zero-order valence-corrected chi connectivity index (χ0v) is 10.9. The van der Waals surface area contributed by atoms with Crippen LogP contribution in [0.4, 0.5) is 11.4 Å². The molecule has 2 aromatic carbocycles. The van der Waals surface area contributed by atoms with E-state index in [0.717, 1.165) is 0 Å². The maximum Gasteiger partial charge on any atom is 0.0688 e. The third-order valence-electron chi connectivity index (χ3n) is 3.27. The van der Waals surface area contributed by atoms with Crippen molar-refractivity contribution in [2.75, 3.05) is 11.9 Å². The Morgan fingerprint density at radius 3 is 2.11 bits per heavy atom. The van der Waals surface area contributed by atoms with Gasteiger partial charge < -0.3 is 9.47 Å². The minimum absolute atomic E-state index is 1.18. The summed E-state index contributed by atoms with van der Waals surface area (Å²) in [4.78, 5) is 2.20. The van der Waals surface area contributed by atoms with Crippen LogP contribution in [0.2, 0.25) is 0 Å². The van der Waals surface area contributed by atoms with E-state index in [9.17, 15) is 0 Å². The van der Waals surface area contributed by atoms with Crippen molar-refractivity contribution in [1.82, 2.24) is 4.57 Å². The van der Waals surface area contributed by atoms with Crippen LogP contribution in [0.3, 0.4) is 0 Å². The van der Waals surface area contributed by atoms with Gasteiger partial charge in [0.2, 0.25) is 0 Å². The van der Waals surface area contributed by atoms with Gasteiger partial charge in [0.25, 0.3) is 0 Å². The number of aromatic nitrogens is 1. The maximum absolute atomic E-state index is 2.20. The van der Waals surface area contributed by atoms with Gasteiger partial charge in [-0.1, -0.05) is 30.3 Å². The summed E-state index contributed by atoms with van der Waals surface area (Å²) in [5.41, 5.74) is 3.55. The van der Waals surface area contributed by atoms with Crippen molar-refractivity contribution in [3.05, 3.63) is 79.1 Å². The molecule has 0 saturated heterocycles. The van der Waals surface area contributed by atoms with E-state index in [2.05, 4.69) is 77.4 Å². The fraction of sp³-hybridized carbons (Fsp3) is 0.0588. The van der Waals surface area contributed by atoms with Crippen LogP contribution in [0.15, 0.2) is 79.1 Å². The zero-order valence-electron chi connectivity index (χ0n) is 10.9. The summed E-state index contributed by atoms with van der Waals surface area (Å²) in [6, 6.07) is 22.9. The number of para-hydroxylation sites is 3. The average Bonchev–Trinajstić information content (AvgIpc) is 3.01. The zero-order chi connectivity index (χ0) is 13.1. The number of hydrogen-bond donors (Lipinski definition) is 0. The molecule has 0 spiro atoms. The highest BCUT2D eigenvalue weighted by molar-refractivity contribution is 5.71. The third-order valence-corrected chi connectivity index (χ3v) is 3.27. The monoisotopic (exact) mass is 248 g/mol. The van der Waals surface area contributed by atoms with Gasteiger partial charge in [-0.3, -0.25) is 0 Å². The Bertz CT molecular complexity index is 642. The number of rotatable bonds is 3. The van der Waals surface area contributed by atoms with E-state index in [1.807, 2.05) is 18.2 Å². The molecule has 1 aromatic heterocycles. The van der Waals surface area contributed by atoms with Crippen LogP contribution in [0, 0.1) is 0 Å². The Morgan fingerprint density at radius 2 is 1.37 bits per heavy atom. The van der Waals surface area contributed by atoms with Gasteiger partial charge in [0.1, 0.15) is 0 Å². The molecule has 2 heteroatoms. The minimum Gasteiger partial charge on any atom is -0.343 e. The van der Waals surface area contributed by atoms with Gasteiger partial charge in [-0.15, -0.1) is 0 Å². The molecule has 0 aliphatic heterocycles. The second kappa shape index (κ2) is 5.02. The molecule has 0 N–H and O–H groups in total.